The van der Waals surface area contributed by atoms with E-state index < -0.39 is 12.1 Å². The molecule has 0 aromatic heterocycles. The molecule has 16 heavy (non-hydrogen) atoms. The van der Waals surface area contributed by atoms with Crippen LogP contribution in [0.2, 0.25) is 0 Å². The van der Waals surface area contributed by atoms with Crippen LogP contribution in [0.5, 0.6) is 0 Å². The molecule has 3 atom stereocenters. The first-order valence-corrected chi connectivity index (χ1v) is 6.44. The zero-order chi connectivity index (χ0) is 12.3. The Balaban J connectivity index is 2.67. The van der Waals surface area contributed by atoms with Crippen LogP contribution in [0.3, 0.4) is 0 Å². The molecule has 1 heterocycles. The summed E-state index contributed by atoms with van der Waals surface area (Å²) < 4.78 is 5.24. The highest BCUT2D eigenvalue weighted by Gasteiger charge is 2.33. The highest BCUT2D eigenvalue weighted by atomic mass is 32.2. The normalized spacial score (nSPS) is 27.6. The van der Waals surface area contributed by atoms with E-state index in [2.05, 4.69) is 0 Å². The summed E-state index contributed by atoms with van der Waals surface area (Å²) in [6.07, 6.45) is 0.732. The summed E-state index contributed by atoms with van der Waals surface area (Å²) >= 11 is 1.46. The minimum atomic E-state index is -1.01. The number of amides is 1. The molecule has 0 saturated carbocycles. The first-order chi connectivity index (χ1) is 7.45. The first-order valence-electron chi connectivity index (χ1n) is 5.15. The van der Waals surface area contributed by atoms with Gasteiger partial charge in [0.2, 0.25) is 5.91 Å². The SMILES string of the molecule is CSC(C)C(=O)N1CC(C(=O)O)O[C@H](C)C1. The maximum atomic E-state index is 11.9. The summed E-state index contributed by atoms with van der Waals surface area (Å²) in [6.45, 7) is 4.21. The Morgan fingerprint density at radius 1 is 1.50 bits per heavy atom. The predicted octanol–water partition coefficient (Wildman–Crippen LogP) is 0.438. The minimum Gasteiger partial charge on any atom is -0.479 e. The van der Waals surface area contributed by atoms with E-state index in [4.69, 9.17) is 9.84 Å². The van der Waals surface area contributed by atoms with E-state index in [1.54, 1.807) is 11.8 Å². The number of carbonyl (C=O) groups is 2. The van der Waals surface area contributed by atoms with Crippen LogP contribution in [0.4, 0.5) is 0 Å². The molecule has 2 unspecified atom stereocenters. The van der Waals surface area contributed by atoms with Gasteiger partial charge in [0.1, 0.15) is 0 Å². The van der Waals surface area contributed by atoms with Crippen molar-refractivity contribution in [2.24, 2.45) is 0 Å². The van der Waals surface area contributed by atoms with Gasteiger partial charge in [0, 0.05) is 6.54 Å². The van der Waals surface area contributed by atoms with Crippen molar-refractivity contribution in [3.8, 4) is 0 Å². The first kappa shape index (κ1) is 13.3. The van der Waals surface area contributed by atoms with Crippen molar-refractivity contribution in [2.45, 2.75) is 31.3 Å². The number of hydrogen-bond donors (Lipinski definition) is 1. The van der Waals surface area contributed by atoms with E-state index in [1.807, 2.05) is 13.2 Å². The van der Waals surface area contributed by atoms with Crippen molar-refractivity contribution in [3.05, 3.63) is 0 Å². The molecule has 6 heteroatoms. The summed E-state index contributed by atoms with van der Waals surface area (Å²) in [4.78, 5) is 24.3. The van der Waals surface area contributed by atoms with Gasteiger partial charge in [-0.2, -0.15) is 11.8 Å². The number of thioether (sulfide) groups is 1. The lowest BCUT2D eigenvalue weighted by atomic mass is 10.2. The summed E-state index contributed by atoms with van der Waals surface area (Å²) in [5, 5.41) is 8.74. The van der Waals surface area contributed by atoms with Gasteiger partial charge in [-0.3, -0.25) is 4.79 Å². The van der Waals surface area contributed by atoms with Gasteiger partial charge >= 0.3 is 5.97 Å². The molecule has 0 spiro atoms. The van der Waals surface area contributed by atoms with Crippen LogP contribution in [-0.2, 0) is 14.3 Å². The van der Waals surface area contributed by atoms with Crippen LogP contribution < -0.4 is 0 Å². The number of carboxylic acid groups (broad SMARTS) is 1. The van der Waals surface area contributed by atoms with Crippen LogP contribution in [0.15, 0.2) is 0 Å². The second-order valence-electron chi connectivity index (χ2n) is 3.89. The fourth-order valence-electron chi connectivity index (χ4n) is 1.63. The van der Waals surface area contributed by atoms with E-state index in [1.165, 1.54) is 11.8 Å². The maximum absolute atomic E-state index is 11.9. The monoisotopic (exact) mass is 247 g/mol. The van der Waals surface area contributed by atoms with Crippen molar-refractivity contribution < 1.29 is 19.4 Å². The third-order valence-corrected chi connectivity index (χ3v) is 3.46. The molecule has 5 nitrogen and oxygen atoms in total. The van der Waals surface area contributed by atoms with Crippen LogP contribution in [0, 0.1) is 0 Å². The molecular formula is C10H17NO4S. The summed E-state index contributed by atoms with van der Waals surface area (Å²) in [7, 11) is 0. The van der Waals surface area contributed by atoms with Gasteiger partial charge in [-0.05, 0) is 20.1 Å². The second kappa shape index (κ2) is 5.54. The predicted molar refractivity (Wildman–Crippen MR) is 61.5 cm³/mol. The van der Waals surface area contributed by atoms with Crippen molar-refractivity contribution >= 4 is 23.6 Å². The third kappa shape index (κ3) is 3.12. The smallest absolute Gasteiger partial charge is 0.334 e. The largest absolute Gasteiger partial charge is 0.479 e. The van der Waals surface area contributed by atoms with Crippen molar-refractivity contribution in [3.63, 3.8) is 0 Å². The van der Waals surface area contributed by atoms with Crippen LogP contribution in [0.1, 0.15) is 13.8 Å². The lowest BCUT2D eigenvalue weighted by Gasteiger charge is -2.36. The Labute approximate surface area is 99.1 Å². The Morgan fingerprint density at radius 3 is 2.62 bits per heavy atom. The number of aliphatic carboxylic acids is 1. The zero-order valence-corrected chi connectivity index (χ0v) is 10.5. The fourth-order valence-corrected chi connectivity index (χ4v) is 1.98. The zero-order valence-electron chi connectivity index (χ0n) is 9.67. The van der Waals surface area contributed by atoms with E-state index in [0.29, 0.717) is 6.54 Å². The molecule has 0 aromatic carbocycles. The molecule has 1 rings (SSSR count). The van der Waals surface area contributed by atoms with Crippen molar-refractivity contribution in [1.29, 1.82) is 0 Å². The minimum absolute atomic E-state index is 0.0195. The number of hydrogen-bond acceptors (Lipinski definition) is 4. The Bertz CT molecular complexity index is 284. The molecule has 0 radical (unpaired) electrons. The number of carboxylic acids is 1. The summed E-state index contributed by atoms with van der Waals surface area (Å²) in [5.74, 6) is -1.03. The van der Waals surface area contributed by atoms with Crippen molar-refractivity contribution in [1.82, 2.24) is 4.90 Å². The van der Waals surface area contributed by atoms with Crippen LogP contribution in [-0.4, -0.2) is 58.7 Å². The number of carbonyl (C=O) groups excluding carboxylic acids is 1. The van der Waals surface area contributed by atoms with E-state index in [-0.39, 0.29) is 23.8 Å². The summed E-state index contributed by atoms with van der Waals surface area (Å²) in [6, 6.07) is 0. The van der Waals surface area contributed by atoms with Gasteiger partial charge in [0.25, 0.3) is 0 Å². The number of nitrogens with zero attached hydrogens (tertiary/aromatic N) is 1. The molecule has 1 fully saturated rings. The lowest BCUT2D eigenvalue weighted by Crippen LogP contribution is -2.53. The van der Waals surface area contributed by atoms with E-state index >= 15 is 0 Å². The van der Waals surface area contributed by atoms with Crippen LogP contribution in [0.25, 0.3) is 0 Å². The molecule has 1 N–H and O–H groups in total. The van der Waals surface area contributed by atoms with Crippen LogP contribution >= 0.6 is 11.8 Å². The lowest BCUT2D eigenvalue weighted by molar-refractivity contribution is -0.166. The maximum Gasteiger partial charge on any atom is 0.334 e. The fraction of sp³-hybridized carbons (Fsp3) is 0.800. The topological polar surface area (TPSA) is 66.8 Å². The summed E-state index contributed by atoms with van der Waals surface area (Å²) in [5.41, 5.74) is 0. The number of ether oxygens (including phenoxy) is 1. The highest BCUT2D eigenvalue weighted by Crippen LogP contribution is 2.16. The molecule has 0 bridgehead atoms. The van der Waals surface area contributed by atoms with Crippen molar-refractivity contribution in [2.75, 3.05) is 19.3 Å². The Kier molecular flexibility index (Phi) is 4.61. The van der Waals surface area contributed by atoms with Gasteiger partial charge in [0.15, 0.2) is 6.10 Å². The van der Waals surface area contributed by atoms with Gasteiger partial charge in [-0.15, -0.1) is 0 Å². The number of morpholine rings is 1. The molecule has 1 amide bonds. The molecule has 1 saturated heterocycles. The molecular weight excluding hydrogens is 230 g/mol. The Morgan fingerprint density at radius 2 is 2.12 bits per heavy atom. The standard InChI is InChI=1S/C10H17NO4S/c1-6-4-11(9(12)7(2)16-3)5-8(15-6)10(13)14/h6-8H,4-5H2,1-3H3,(H,13,14)/t6-,7?,8?/m1/s1. The van der Waals surface area contributed by atoms with E-state index in [9.17, 15) is 9.59 Å². The second-order valence-corrected chi connectivity index (χ2v) is 5.07. The average Bonchev–Trinajstić information content (AvgIpc) is 2.26. The third-order valence-electron chi connectivity index (χ3n) is 2.55. The highest BCUT2D eigenvalue weighted by molar-refractivity contribution is 7.99. The molecule has 0 aromatic rings. The molecule has 0 aliphatic carbocycles. The number of rotatable bonds is 3. The molecule has 92 valence electrons. The quantitative estimate of drug-likeness (QED) is 0.783. The van der Waals surface area contributed by atoms with Gasteiger partial charge in [-0.1, -0.05) is 0 Å². The van der Waals surface area contributed by atoms with Gasteiger partial charge in [0.05, 0.1) is 17.9 Å². The molecule has 1 aliphatic heterocycles. The van der Waals surface area contributed by atoms with E-state index in [0.717, 1.165) is 0 Å². The average molecular weight is 247 g/mol. The van der Waals surface area contributed by atoms with Gasteiger partial charge < -0.3 is 14.7 Å². The Hall–Kier alpha value is -0.750. The molecule has 1 aliphatic rings. The van der Waals surface area contributed by atoms with Gasteiger partial charge in [-0.25, -0.2) is 4.79 Å².